The Labute approximate surface area is 171 Å². The van der Waals surface area contributed by atoms with Crippen LogP contribution in [-0.2, 0) is 11.3 Å². The molecule has 0 radical (unpaired) electrons. The fourth-order valence-corrected chi connectivity index (χ4v) is 3.94. The van der Waals surface area contributed by atoms with E-state index in [0.717, 1.165) is 18.1 Å². The van der Waals surface area contributed by atoms with Gasteiger partial charge in [-0.2, -0.15) is 4.57 Å². The Morgan fingerprint density at radius 1 is 1.11 bits per heavy atom. The number of aromatic nitrogens is 1. The third kappa shape index (κ3) is 6.41. The second-order valence-electron chi connectivity index (χ2n) is 7.28. The number of rotatable bonds is 2. The normalized spacial score (nSPS) is 16.2. The summed E-state index contributed by atoms with van der Waals surface area (Å²) in [7, 11) is -4.94. The van der Waals surface area contributed by atoms with Gasteiger partial charge in [0, 0.05) is 6.07 Å². The van der Waals surface area contributed by atoms with Gasteiger partial charge in [0.1, 0.15) is 22.8 Å². The van der Waals surface area contributed by atoms with Crippen LogP contribution in [-0.4, -0.2) is 0 Å². The van der Waals surface area contributed by atoms with Gasteiger partial charge < -0.3 is 4.74 Å². The van der Waals surface area contributed by atoms with Crippen LogP contribution in [0.5, 0.6) is 0 Å². The minimum Gasteiger partial charge on any atom is -0.462 e. The number of halogens is 1. The van der Waals surface area contributed by atoms with Crippen molar-refractivity contribution >= 4 is 27.6 Å². The predicted octanol–water partition coefficient (Wildman–Crippen LogP) is 0.700. The van der Waals surface area contributed by atoms with E-state index in [1.807, 2.05) is 18.3 Å². The number of thiazole rings is 1. The van der Waals surface area contributed by atoms with Crippen LogP contribution in [0.4, 0.5) is 0 Å². The van der Waals surface area contributed by atoms with Gasteiger partial charge in [0.15, 0.2) is 0 Å². The fraction of sp³-hybridized carbons (Fsp3) is 0.350. The van der Waals surface area contributed by atoms with Crippen LogP contribution in [0.25, 0.3) is 16.3 Å². The van der Waals surface area contributed by atoms with E-state index >= 15 is 0 Å². The van der Waals surface area contributed by atoms with Crippen LogP contribution in [0.2, 0.25) is 0 Å². The number of benzene rings is 1. The summed E-state index contributed by atoms with van der Waals surface area (Å²) < 4.78 is 43.6. The summed E-state index contributed by atoms with van der Waals surface area (Å²) in [5, 5.41) is 1.22. The predicted molar refractivity (Wildman–Crippen MR) is 98.1 cm³/mol. The number of ether oxygens (including phenoxy) is 1. The SMILES string of the molecule is CC[n+]1c(C=C2C=C(C(C)(C)C)C=C(C)O2)sc2ccccc21.[O-][Cl+3]([O-])([O-])[O-]. The van der Waals surface area contributed by atoms with Crippen LogP contribution in [0, 0.1) is 15.7 Å². The highest BCUT2D eigenvalue weighted by Gasteiger charge is 2.22. The zero-order chi connectivity index (χ0) is 21.1. The molecule has 8 heteroatoms. The summed E-state index contributed by atoms with van der Waals surface area (Å²) in [6.45, 7) is 11.9. The molecule has 2 aromatic rings. The first-order valence-electron chi connectivity index (χ1n) is 8.71. The van der Waals surface area contributed by atoms with Crippen molar-refractivity contribution in [3.63, 3.8) is 0 Å². The Morgan fingerprint density at radius 2 is 1.71 bits per heavy atom. The molecule has 2 heterocycles. The number of hydrogen-bond donors (Lipinski definition) is 0. The van der Waals surface area contributed by atoms with Gasteiger partial charge in [-0.25, -0.2) is 18.6 Å². The van der Waals surface area contributed by atoms with E-state index in [2.05, 4.69) is 74.8 Å². The Hall–Kier alpha value is -1.74. The molecule has 0 unspecified atom stereocenters. The number of aryl methyl sites for hydroxylation is 1. The second kappa shape index (κ2) is 8.73. The van der Waals surface area contributed by atoms with E-state index in [-0.39, 0.29) is 5.41 Å². The lowest BCUT2D eigenvalue weighted by Gasteiger charge is -2.24. The topological polar surface area (TPSA) is 105 Å². The van der Waals surface area contributed by atoms with Crippen molar-refractivity contribution in [3.8, 4) is 0 Å². The first kappa shape index (κ1) is 22.5. The van der Waals surface area contributed by atoms with Gasteiger partial charge in [0.05, 0.1) is 6.08 Å². The Bertz CT molecular complexity index is 926. The highest BCUT2D eigenvalue weighted by atomic mass is 35.7. The summed E-state index contributed by atoms with van der Waals surface area (Å²) in [5.41, 5.74) is 2.71. The molecule has 0 fully saturated rings. The smallest absolute Gasteiger partial charge is 0.266 e. The van der Waals surface area contributed by atoms with Gasteiger partial charge in [0.2, 0.25) is 5.52 Å². The molecular weight excluding hydrogens is 402 g/mol. The quantitative estimate of drug-likeness (QED) is 0.658. The number of nitrogens with zero attached hydrogens (tertiary/aromatic N) is 1. The maximum Gasteiger partial charge on any atom is 0.266 e. The Kier molecular flexibility index (Phi) is 7.03. The van der Waals surface area contributed by atoms with Gasteiger partial charge in [-0.3, -0.25) is 0 Å². The summed E-state index contributed by atoms with van der Waals surface area (Å²) in [5.74, 6) is 1.87. The van der Waals surface area contributed by atoms with Crippen LogP contribution >= 0.6 is 11.3 Å². The highest BCUT2D eigenvalue weighted by Crippen LogP contribution is 2.33. The number of fused-ring (bicyclic) bond motifs is 1. The molecule has 3 rings (SSSR count). The van der Waals surface area contributed by atoms with Crippen LogP contribution < -0.4 is 23.2 Å². The Morgan fingerprint density at radius 3 is 2.29 bits per heavy atom. The third-order valence-corrected chi connectivity index (χ3v) is 5.13. The molecule has 1 aliphatic rings. The zero-order valence-electron chi connectivity index (χ0n) is 16.5. The van der Waals surface area contributed by atoms with Crippen LogP contribution in [0.1, 0.15) is 39.6 Å². The summed E-state index contributed by atoms with van der Waals surface area (Å²) in [4.78, 5) is 0. The maximum absolute atomic E-state index is 8.49. The van der Waals surface area contributed by atoms with Crippen molar-refractivity contribution in [2.45, 2.75) is 41.2 Å². The molecule has 0 saturated heterocycles. The van der Waals surface area contributed by atoms with E-state index in [1.165, 1.54) is 20.8 Å². The lowest BCUT2D eigenvalue weighted by atomic mass is 9.85. The van der Waals surface area contributed by atoms with Gasteiger partial charge in [-0.05, 0) is 43.1 Å². The third-order valence-electron chi connectivity index (χ3n) is 4.02. The number of hydrogen-bond acceptors (Lipinski definition) is 6. The average molecular weight is 426 g/mol. The van der Waals surface area contributed by atoms with E-state index in [0.29, 0.717) is 0 Å². The summed E-state index contributed by atoms with van der Waals surface area (Å²) in [6, 6.07) is 8.55. The van der Waals surface area contributed by atoms with Crippen molar-refractivity contribution in [2.24, 2.45) is 5.41 Å². The maximum atomic E-state index is 8.49. The average Bonchev–Trinajstić information content (AvgIpc) is 2.88. The van der Waals surface area contributed by atoms with Crippen molar-refractivity contribution in [2.75, 3.05) is 0 Å². The molecule has 0 saturated carbocycles. The molecule has 1 aliphatic heterocycles. The number of allylic oxidation sites excluding steroid dienone is 4. The zero-order valence-corrected chi connectivity index (χ0v) is 18.1. The summed E-state index contributed by atoms with van der Waals surface area (Å²) >= 11 is 1.81. The van der Waals surface area contributed by atoms with Crippen molar-refractivity contribution in [3.05, 3.63) is 58.5 Å². The lowest BCUT2D eigenvalue weighted by molar-refractivity contribution is -2.00. The van der Waals surface area contributed by atoms with Gasteiger partial charge in [-0.15, -0.1) is 10.2 Å². The van der Waals surface area contributed by atoms with Crippen LogP contribution in [0.3, 0.4) is 0 Å². The molecule has 0 bridgehead atoms. The molecule has 0 N–H and O–H groups in total. The van der Waals surface area contributed by atoms with Gasteiger partial charge in [0.25, 0.3) is 5.01 Å². The molecule has 6 nitrogen and oxygen atoms in total. The molecule has 0 atom stereocenters. The van der Waals surface area contributed by atoms with Gasteiger partial charge >= 0.3 is 0 Å². The van der Waals surface area contributed by atoms with Crippen molar-refractivity contribution in [1.29, 1.82) is 0 Å². The minimum atomic E-state index is -4.94. The largest absolute Gasteiger partial charge is 0.462 e. The van der Waals surface area contributed by atoms with E-state index in [4.69, 9.17) is 23.4 Å². The monoisotopic (exact) mass is 425 g/mol. The first-order valence-corrected chi connectivity index (χ1v) is 10.8. The molecular formula is C20H24ClNO5S. The number of para-hydroxylation sites is 1. The molecule has 1 aromatic carbocycles. The van der Waals surface area contributed by atoms with Crippen LogP contribution in [0.15, 0.2) is 53.5 Å². The molecule has 0 spiro atoms. The molecule has 152 valence electrons. The van der Waals surface area contributed by atoms with E-state index in [9.17, 15) is 0 Å². The first-order chi connectivity index (χ1) is 12.9. The van der Waals surface area contributed by atoms with Crippen molar-refractivity contribution in [1.82, 2.24) is 0 Å². The van der Waals surface area contributed by atoms with Gasteiger partial charge in [-0.1, -0.05) is 44.2 Å². The standard InChI is InChI=1S/C20H24NOS.ClHO4/c1-6-21-17-9-7-8-10-18(17)23-19(21)13-16-12-15(20(3,4)5)11-14(2)22-16;2-1(3,4)5/h7-13H,6H2,1-5H3;(H,2,3,4,5)/q+1;/p-1. The Balaban J connectivity index is 0.000000500. The minimum absolute atomic E-state index is 0.116. The van der Waals surface area contributed by atoms with Crippen molar-refractivity contribution < 1.29 is 38.2 Å². The molecule has 1 aromatic heterocycles. The molecule has 0 aliphatic carbocycles. The second-order valence-corrected chi connectivity index (χ2v) is 9.10. The van der Waals surface area contributed by atoms with E-state index < -0.39 is 10.2 Å². The lowest BCUT2D eigenvalue weighted by Crippen LogP contribution is -2.68. The summed E-state index contributed by atoms with van der Waals surface area (Å²) in [6.07, 6.45) is 6.46. The highest BCUT2D eigenvalue weighted by molar-refractivity contribution is 7.18. The molecule has 0 amide bonds. The fourth-order valence-electron chi connectivity index (χ4n) is 2.77. The molecule has 28 heavy (non-hydrogen) atoms. The van der Waals surface area contributed by atoms with E-state index in [1.54, 1.807) is 0 Å².